The molecule has 0 aliphatic heterocycles. The van der Waals surface area contributed by atoms with Crippen molar-refractivity contribution in [1.82, 2.24) is 9.78 Å². The van der Waals surface area contributed by atoms with Gasteiger partial charge in [0, 0.05) is 12.0 Å². The Kier molecular flexibility index (Phi) is 3.21. The number of rotatable bonds is 3. The van der Waals surface area contributed by atoms with Crippen molar-refractivity contribution in [2.75, 3.05) is 0 Å². The van der Waals surface area contributed by atoms with Crippen LogP contribution in [0.4, 0.5) is 0 Å². The predicted molar refractivity (Wildman–Crippen MR) is 69.8 cm³/mol. The fraction of sp³-hybridized carbons (Fsp3) is 0.714. The van der Waals surface area contributed by atoms with Crippen LogP contribution in [-0.4, -0.2) is 20.9 Å². The SMILES string of the molecule is CC1CC(Cn2ncc(C(=O)O)c2C(C)(C)C)C1. The Morgan fingerprint density at radius 3 is 2.56 bits per heavy atom. The van der Waals surface area contributed by atoms with Crippen LogP contribution >= 0.6 is 0 Å². The lowest BCUT2D eigenvalue weighted by Crippen LogP contribution is -2.29. The number of aromatic nitrogens is 2. The smallest absolute Gasteiger partial charge is 0.339 e. The Labute approximate surface area is 108 Å². The molecule has 4 heteroatoms. The third kappa shape index (κ3) is 2.42. The molecule has 1 heterocycles. The van der Waals surface area contributed by atoms with Crippen molar-refractivity contribution in [2.45, 2.75) is 52.5 Å². The van der Waals surface area contributed by atoms with E-state index in [2.05, 4.69) is 12.0 Å². The van der Waals surface area contributed by atoms with Crippen molar-refractivity contribution in [3.05, 3.63) is 17.5 Å². The summed E-state index contributed by atoms with van der Waals surface area (Å²) in [5.74, 6) is 0.582. The third-order valence-electron chi connectivity index (χ3n) is 3.68. The molecular weight excluding hydrogens is 228 g/mol. The zero-order valence-electron chi connectivity index (χ0n) is 11.6. The van der Waals surface area contributed by atoms with Crippen LogP contribution in [0.2, 0.25) is 0 Å². The van der Waals surface area contributed by atoms with Gasteiger partial charge in [0.05, 0.1) is 11.9 Å². The van der Waals surface area contributed by atoms with Gasteiger partial charge in [-0.15, -0.1) is 0 Å². The summed E-state index contributed by atoms with van der Waals surface area (Å²) >= 11 is 0. The van der Waals surface area contributed by atoms with Gasteiger partial charge in [-0.2, -0.15) is 5.10 Å². The lowest BCUT2D eigenvalue weighted by Gasteiger charge is -2.34. The molecule has 0 amide bonds. The first-order valence-corrected chi connectivity index (χ1v) is 6.58. The second-order valence-electron chi connectivity index (χ2n) is 6.59. The van der Waals surface area contributed by atoms with E-state index in [0.717, 1.165) is 18.2 Å². The van der Waals surface area contributed by atoms with Crippen molar-refractivity contribution in [1.29, 1.82) is 0 Å². The van der Waals surface area contributed by atoms with Gasteiger partial charge in [-0.25, -0.2) is 4.79 Å². The molecule has 1 fully saturated rings. The third-order valence-corrected chi connectivity index (χ3v) is 3.68. The van der Waals surface area contributed by atoms with E-state index >= 15 is 0 Å². The molecule has 0 spiro atoms. The zero-order valence-corrected chi connectivity index (χ0v) is 11.6. The van der Waals surface area contributed by atoms with Crippen molar-refractivity contribution < 1.29 is 9.90 Å². The van der Waals surface area contributed by atoms with Gasteiger partial charge in [0.25, 0.3) is 0 Å². The molecule has 0 atom stereocenters. The van der Waals surface area contributed by atoms with Crippen molar-refractivity contribution in [3.63, 3.8) is 0 Å². The molecule has 1 aliphatic carbocycles. The number of nitrogens with zero attached hydrogens (tertiary/aromatic N) is 2. The van der Waals surface area contributed by atoms with Crippen LogP contribution in [0, 0.1) is 11.8 Å². The van der Waals surface area contributed by atoms with E-state index in [1.807, 2.05) is 25.5 Å². The first-order valence-electron chi connectivity index (χ1n) is 6.58. The van der Waals surface area contributed by atoms with Gasteiger partial charge in [-0.3, -0.25) is 4.68 Å². The number of aromatic carboxylic acids is 1. The molecule has 1 saturated carbocycles. The predicted octanol–water partition coefficient (Wildman–Crippen LogP) is 2.92. The molecule has 1 aliphatic rings. The number of hydrogen-bond donors (Lipinski definition) is 1. The maximum absolute atomic E-state index is 11.2. The molecule has 0 unspecified atom stereocenters. The molecular formula is C14H22N2O2. The standard InChI is InChI=1S/C14H22N2O2/c1-9-5-10(6-9)8-16-12(14(2,3)4)11(7-15-16)13(17)18/h7,9-10H,5-6,8H2,1-4H3,(H,17,18). The molecule has 0 radical (unpaired) electrons. The molecule has 0 saturated heterocycles. The van der Waals surface area contributed by atoms with E-state index in [9.17, 15) is 9.90 Å². The summed E-state index contributed by atoms with van der Waals surface area (Å²) in [4.78, 5) is 11.2. The minimum atomic E-state index is -0.881. The van der Waals surface area contributed by atoms with E-state index in [1.165, 1.54) is 19.0 Å². The molecule has 1 N–H and O–H groups in total. The molecule has 100 valence electrons. The van der Waals surface area contributed by atoms with E-state index in [-0.39, 0.29) is 5.41 Å². The maximum Gasteiger partial charge on any atom is 0.339 e. The van der Waals surface area contributed by atoms with Crippen LogP contribution in [0.1, 0.15) is 56.6 Å². The highest BCUT2D eigenvalue weighted by Crippen LogP contribution is 2.35. The average Bonchev–Trinajstić information content (AvgIpc) is 2.58. The minimum Gasteiger partial charge on any atom is -0.478 e. The molecule has 18 heavy (non-hydrogen) atoms. The summed E-state index contributed by atoms with van der Waals surface area (Å²) < 4.78 is 1.90. The monoisotopic (exact) mass is 250 g/mol. The maximum atomic E-state index is 11.2. The fourth-order valence-corrected chi connectivity index (χ4v) is 2.93. The van der Waals surface area contributed by atoms with Gasteiger partial charge in [-0.1, -0.05) is 27.7 Å². The van der Waals surface area contributed by atoms with Gasteiger partial charge < -0.3 is 5.11 Å². The summed E-state index contributed by atoms with van der Waals surface area (Å²) in [7, 11) is 0. The van der Waals surface area contributed by atoms with E-state index in [1.54, 1.807) is 0 Å². The Morgan fingerprint density at radius 1 is 1.50 bits per heavy atom. The van der Waals surface area contributed by atoms with Crippen LogP contribution in [0.5, 0.6) is 0 Å². The normalized spacial score (nSPS) is 23.8. The lowest BCUT2D eigenvalue weighted by atomic mass is 9.76. The first-order chi connectivity index (χ1) is 8.29. The number of carboxylic acids is 1. The highest BCUT2D eigenvalue weighted by molar-refractivity contribution is 5.89. The van der Waals surface area contributed by atoms with E-state index in [4.69, 9.17) is 0 Å². The van der Waals surface area contributed by atoms with Crippen molar-refractivity contribution >= 4 is 5.97 Å². The summed E-state index contributed by atoms with van der Waals surface area (Å²) in [6, 6.07) is 0. The van der Waals surface area contributed by atoms with Gasteiger partial charge in [0.1, 0.15) is 5.56 Å². The molecule has 1 aromatic rings. The molecule has 0 aromatic carbocycles. The van der Waals surface area contributed by atoms with E-state index < -0.39 is 5.97 Å². The topological polar surface area (TPSA) is 55.1 Å². The number of carboxylic acid groups (broad SMARTS) is 1. The molecule has 1 aromatic heterocycles. The molecule has 2 rings (SSSR count). The number of carbonyl (C=O) groups is 1. The Morgan fingerprint density at radius 2 is 2.11 bits per heavy atom. The summed E-state index contributed by atoms with van der Waals surface area (Å²) in [5.41, 5.74) is 0.990. The summed E-state index contributed by atoms with van der Waals surface area (Å²) in [6.07, 6.45) is 3.95. The molecule has 4 nitrogen and oxygen atoms in total. The van der Waals surface area contributed by atoms with Gasteiger partial charge in [0.15, 0.2) is 0 Å². The highest BCUT2D eigenvalue weighted by Gasteiger charge is 2.31. The molecule has 0 bridgehead atoms. The van der Waals surface area contributed by atoms with Crippen LogP contribution in [-0.2, 0) is 12.0 Å². The Balaban J connectivity index is 2.27. The highest BCUT2D eigenvalue weighted by atomic mass is 16.4. The number of hydrogen-bond acceptors (Lipinski definition) is 2. The van der Waals surface area contributed by atoms with Gasteiger partial charge in [-0.05, 0) is 24.7 Å². The fourth-order valence-electron chi connectivity index (χ4n) is 2.93. The minimum absolute atomic E-state index is 0.195. The van der Waals surface area contributed by atoms with Gasteiger partial charge >= 0.3 is 5.97 Å². The second-order valence-corrected chi connectivity index (χ2v) is 6.59. The van der Waals surface area contributed by atoms with Crippen LogP contribution in [0.3, 0.4) is 0 Å². The first kappa shape index (κ1) is 13.1. The van der Waals surface area contributed by atoms with Crippen LogP contribution < -0.4 is 0 Å². The van der Waals surface area contributed by atoms with Crippen molar-refractivity contribution in [3.8, 4) is 0 Å². The van der Waals surface area contributed by atoms with Gasteiger partial charge in [0.2, 0.25) is 0 Å². The Hall–Kier alpha value is -1.32. The quantitative estimate of drug-likeness (QED) is 0.897. The van der Waals surface area contributed by atoms with Crippen molar-refractivity contribution in [2.24, 2.45) is 11.8 Å². The van der Waals surface area contributed by atoms with E-state index in [0.29, 0.717) is 11.5 Å². The summed E-state index contributed by atoms with van der Waals surface area (Å²) in [5, 5.41) is 13.5. The Bertz CT molecular complexity index is 451. The average molecular weight is 250 g/mol. The second kappa shape index (κ2) is 4.41. The zero-order chi connectivity index (χ0) is 13.5. The summed E-state index contributed by atoms with van der Waals surface area (Å²) in [6.45, 7) is 9.22. The van der Waals surface area contributed by atoms with Crippen LogP contribution in [0.25, 0.3) is 0 Å². The van der Waals surface area contributed by atoms with Crippen LogP contribution in [0.15, 0.2) is 6.20 Å². The lowest BCUT2D eigenvalue weighted by molar-refractivity contribution is 0.0693. The largest absolute Gasteiger partial charge is 0.478 e.